The Bertz CT molecular complexity index is 608. The van der Waals surface area contributed by atoms with E-state index in [2.05, 4.69) is 4.98 Å². The predicted molar refractivity (Wildman–Crippen MR) is 64.4 cm³/mol. The molecule has 0 radical (unpaired) electrons. The summed E-state index contributed by atoms with van der Waals surface area (Å²) >= 11 is 0. The lowest BCUT2D eigenvalue weighted by Gasteiger charge is -2.09. The van der Waals surface area contributed by atoms with Gasteiger partial charge in [-0.25, -0.2) is 9.78 Å². The number of fused-ring (bicyclic) bond motifs is 1. The first-order chi connectivity index (χ1) is 8.02. The first-order valence-corrected chi connectivity index (χ1v) is 5.01. The van der Waals surface area contributed by atoms with Crippen molar-refractivity contribution in [3.05, 3.63) is 29.5 Å². The Morgan fingerprint density at radius 2 is 2.12 bits per heavy atom. The zero-order valence-corrected chi connectivity index (χ0v) is 9.52. The number of hydrogen-bond acceptors (Lipinski definition) is 4. The zero-order valence-electron chi connectivity index (χ0n) is 9.52. The van der Waals surface area contributed by atoms with Crippen LogP contribution in [0.3, 0.4) is 0 Å². The van der Waals surface area contributed by atoms with E-state index in [1.165, 1.54) is 13.2 Å². The molecule has 2 aromatic rings. The lowest BCUT2D eigenvalue weighted by Crippen LogP contribution is -2.03. The van der Waals surface area contributed by atoms with Gasteiger partial charge in [-0.1, -0.05) is 0 Å². The number of carbonyl (C=O) groups is 1. The molecule has 17 heavy (non-hydrogen) atoms. The quantitative estimate of drug-likeness (QED) is 0.825. The highest BCUT2D eigenvalue weighted by atomic mass is 16.5. The maximum Gasteiger partial charge on any atom is 0.354 e. The summed E-state index contributed by atoms with van der Waals surface area (Å²) in [5, 5.41) is 9.63. The third-order valence-corrected chi connectivity index (χ3v) is 2.49. The van der Waals surface area contributed by atoms with E-state index in [0.717, 1.165) is 5.56 Å². The van der Waals surface area contributed by atoms with Gasteiger partial charge in [-0.3, -0.25) is 0 Å². The van der Waals surface area contributed by atoms with Gasteiger partial charge in [-0.05, 0) is 30.7 Å². The van der Waals surface area contributed by atoms with E-state index in [9.17, 15) is 4.79 Å². The number of carboxylic acids is 1. The number of methoxy groups -OCH3 is 1. The molecular formula is C12H12N2O3. The maximum atomic E-state index is 10.9. The van der Waals surface area contributed by atoms with Gasteiger partial charge in [0.05, 0.1) is 7.11 Å². The molecule has 2 rings (SSSR count). The fourth-order valence-electron chi connectivity index (χ4n) is 1.72. The number of nitrogens with two attached hydrogens (primary N) is 1. The summed E-state index contributed by atoms with van der Waals surface area (Å²) in [7, 11) is 1.51. The number of nitrogen functional groups attached to an aromatic ring is 1. The second-order valence-corrected chi connectivity index (χ2v) is 3.77. The summed E-state index contributed by atoms with van der Waals surface area (Å²) in [4.78, 5) is 14.9. The van der Waals surface area contributed by atoms with E-state index in [0.29, 0.717) is 22.3 Å². The lowest BCUT2D eigenvalue weighted by atomic mass is 10.1. The molecule has 5 nitrogen and oxygen atoms in total. The molecule has 88 valence electrons. The Balaban J connectivity index is 2.86. The van der Waals surface area contributed by atoms with Crippen molar-refractivity contribution in [2.24, 2.45) is 0 Å². The number of hydrogen-bond donors (Lipinski definition) is 2. The van der Waals surface area contributed by atoms with Crippen LogP contribution in [0.5, 0.6) is 5.75 Å². The number of ether oxygens (including phenoxy) is 1. The minimum absolute atomic E-state index is 0.0860. The Kier molecular flexibility index (Phi) is 2.59. The van der Waals surface area contributed by atoms with E-state index in [1.807, 2.05) is 13.0 Å². The molecule has 5 heteroatoms. The van der Waals surface area contributed by atoms with Crippen LogP contribution in [0, 0.1) is 6.92 Å². The fourth-order valence-corrected chi connectivity index (χ4v) is 1.72. The van der Waals surface area contributed by atoms with Gasteiger partial charge in [0.2, 0.25) is 0 Å². The molecule has 0 fully saturated rings. The van der Waals surface area contributed by atoms with Crippen LogP contribution in [-0.2, 0) is 0 Å². The first-order valence-electron chi connectivity index (χ1n) is 5.01. The van der Waals surface area contributed by atoms with Crippen LogP contribution in [0.25, 0.3) is 10.9 Å². The number of anilines is 1. The summed E-state index contributed by atoms with van der Waals surface area (Å²) in [6.07, 6.45) is 0. The van der Waals surface area contributed by atoms with Crippen LogP contribution in [0.1, 0.15) is 16.1 Å². The molecule has 0 bridgehead atoms. The SMILES string of the molecule is COc1cc(C)cc2c(N)cc(C(=O)O)nc12. The highest BCUT2D eigenvalue weighted by molar-refractivity contribution is 5.99. The van der Waals surface area contributed by atoms with Gasteiger partial charge in [-0.15, -0.1) is 0 Å². The number of aryl methyl sites for hydroxylation is 1. The van der Waals surface area contributed by atoms with Crippen molar-refractivity contribution in [2.75, 3.05) is 12.8 Å². The van der Waals surface area contributed by atoms with Crippen molar-refractivity contribution >= 4 is 22.6 Å². The van der Waals surface area contributed by atoms with Crippen molar-refractivity contribution in [3.63, 3.8) is 0 Å². The molecule has 0 saturated carbocycles. The Hall–Kier alpha value is -2.30. The van der Waals surface area contributed by atoms with Gasteiger partial charge in [-0.2, -0.15) is 0 Å². The van der Waals surface area contributed by atoms with Crippen molar-refractivity contribution in [1.29, 1.82) is 0 Å². The van der Waals surface area contributed by atoms with Crippen LogP contribution in [-0.4, -0.2) is 23.2 Å². The molecule has 3 N–H and O–H groups in total. The van der Waals surface area contributed by atoms with Crippen molar-refractivity contribution < 1.29 is 14.6 Å². The number of aromatic carboxylic acids is 1. The number of rotatable bonds is 2. The van der Waals surface area contributed by atoms with Gasteiger partial charge in [0.25, 0.3) is 0 Å². The van der Waals surface area contributed by atoms with E-state index in [1.54, 1.807) is 6.07 Å². The summed E-state index contributed by atoms with van der Waals surface area (Å²) in [6.45, 7) is 1.91. The summed E-state index contributed by atoms with van der Waals surface area (Å²) in [6, 6.07) is 5.00. The molecule has 0 amide bonds. The molecule has 0 aliphatic heterocycles. The number of aromatic nitrogens is 1. The van der Waals surface area contributed by atoms with Crippen molar-refractivity contribution in [2.45, 2.75) is 6.92 Å². The van der Waals surface area contributed by atoms with Crippen LogP contribution in [0.4, 0.5) is 5.69 Å². The lowest BCUT2D eigenvalue weighted by molar-refractivity contribution is 0.0691. The topological polar surface area (TPSA) is 85.4 Å². The zero-order chi connectivity index (χ0) is 12.6. The van der Waals surface area contributed by atoms with Crippen LogP contribution in [0.2, 0.25) is 0 Å². The van der Waals surface area contributed by atoms with Crippen LogP contribution < -0.4 is 10.5 Å². The Morgan fingerprint density at radius 3 is 2.71 bits per heavy atom. The van der Waals surface area contributed by atoms with Crippen LogP contribution in [0.15, 0.2) is 18.2 Å². The highest BCUT2D eigenvalue weighted by Gasteiger charge is 2.12. The van der Waals surface area contributed by atoms with E-state index in [4.69, 9.17) is 15.6 Å². The minimum atomic E-state index is -1.11. The number of benzene rings is 1. The normalized spacial score (nSPS) is 10.5. The summed E-state index contributed by atoms with van der Waals surface area (Å²) < 4.78 is 5.19. The second-order valence-electron chi connectivity index (χ2n) is 3.77. The highest BCUT2D eigenvalue weighted by Crippen LogP contribution is 2.30. The molecule has 0 unspecified atom stereocenters. The molecule has 0 aliphatic carbocycles. The standard InChI is InChI=1S/C12H12N2O3/c1-6-3-7-8(13)5-9(12(15)16)14-11(7)10(4-6)17-2/h3-5H,1-2H3,(H2,13,14)(H,15,16). The average molecular weight is 232 g/mol. The van der Waals surface area contributed by atoms with Gasteiger partial charge in [0.1, 0.15) is 11.3 Å². The predicted octanol–water partition coefficient (Wildman–Crippen LogP) is 1.83. The molecule has 0 spiro atoms. The summed E-state index contributed by atoms with van der Waals surface area (Å²) in [5.74, 6) is -0.587. The van der Waals surface area contributed by atoms with E-state index < -0.39 is 5.97 Å². The third kappa shape index (κ3) is 1.87. The Labute approximate surface area is 97.8 Å². The largest absolute Gasteiger partial charge is 0.494 e. The van der Waals surface area contributed by atoms with E-state index in [-0.39, 0.29) is 5.69 Å². The molecule has 0 atom stereocenters. The average Bonchev–Trinajstić information content (AvgIpc) is 2.28. The summed E-state index contributed by atoms with van der Waals surface area (Å²) in [5.41, 5.74) is 7.57. The van der Waals surface area contributed by atoms with Gasteiger partial charge in [0, 0.05) is 11.1 Å². The van der Waals surface area contributed by atoms with Gasteiger partial charge < -0.3 is 15.6 Å². The molecule has 1 heterocycles. The number of carboxylic acid groups (broad SMARTS) is 1. The minimum Gasteiger partial charge on any atom is -0.494 e. The van der Waals surface area contributed by atoms with E-state index >= 15 is 0 Å². The first kappa shape index (κ1) is 11.2. The molecule has 1 aromatic carbocycles. The molecular weight excluding hydrogens is 220 g/mol. The van der Waals surface area contributed by atoms with Gasteiger partial charge >= 0.3 is 5.97 Å². The fraction of sp³-hybridized carbons (Fsp3) is 0.167. The third-order valence-electron chi connectivity index (χ3n) is 2.49. The van der Waals surface area contributed by atoms with Crippen molar-refractivity contribution in [1.82, 2.24) is 4.98 Å². The second kappa shape index (κ2) is 3.93. The molecule has 1 aromatic heterocycles. The Morgan fingerprint density at radius 1 is 1.41 bits per heavy atom. The molecule has 0 aliphatic rings. The molecule has 0 saturated heterocycles. The maximum absolute atomic E-state index is 10.9. The van der Waals surface area contributed by atoms with Crippen LogP contribution >= 0.6 is 0 Å². The monoisotopic (exact) mass is 232 g/mol. The number of pyridine rings is 1. The smallest absolute Gasteiger partial charge is 0.354 e. The number of nitrogens with zero attached hydrogens (tertiary/aromatic N) is 1. The van der Waals surface area contributed by atoms with Crippen molar-refractivity contribution in [3.8, 4) is 5.75 Å². The van der Waals surface area contributed by atoms with Gasteiger partial charge in [0.15, 0.2) is 5.69 Å².